The molecule has 31 heavy (non-hydrogen) atoms. The van der Waals surface area contributed by atoms with Crippen LogP contribution in [0.5, 0.6) is 0 Å². The fourth-order valence-electron chi connectivity index (χ4n) is 3.57. The predicted molar refractivity (Wildman–Crippen MR) is 112 cm³/mol. The number of carbonyl (C=O) groups excluding carboxylic acids is 2. The average molecular weight is 419 g/mol. The highest BCUT2D eigenvalue weighted by Crippen LogP contribution is 2.28. The van der Waals surface area contributed by atoms with Gasteiger partial charge in [0.1, 0.15) is 0 Å². The van der Waals surface area contributed by atoms with Crippen LogP contribution in [0.25, 0.3) is 16.8 Å². The topological polar surface area (TPSA) is 147 Å². The van der Waals surface area contributed by atoms with Crippen LogP contribution in [0, 0.1) is 11.8 Å². The van der Waals surface area contributed by atoms with E-state index in [2.05, 4.69) is 16.8 Å². The van der Waals surface area contributed by atoms with Crippen molar-refractivity contribution < 1.29 is 19.8 Å². The van der Waals surface area contributed by atoms with Gasteiger partial charge < -0.3 is 20.8 Å². The zero-order valence-corrected chi connectivity index (χ0v) is 16.7. The minimum atomic E-state index is -1.70. The highest BCUT2D eigenvalue weighted by Gasteiger charge is 2.42. The Bertz CT molecular complexity index is 1270. The summed E-state index contributed by atoms with van der Waals surface area (Å²) in [4.78, 5) is 29.6. The van der Waals surface area contributed by atoms with E-state index in [1.807, 2.05) is 0 Å². The normalized spacial score (nSPS) is 19.4. The second-order valence-corrected chi connectivity index (χ2v) is 7.47. The van der Waals surface area contributed by atoms with E-state index in [4.69, 9.17) is 11.5 Å². The fraction of sp³-hybridized carbons (Fsp3) is 0.227. The molecule has 9 nitrogen and oxygen atoms in total. The average Bonchev–Trinajstić information content (AvgIpc) is 3.26. The first-order valence-electron chi connectivity index (χ1n) is 9.56. The third-order valence-corrected chi connectivity index (χ3v) is 5.28. The lowest BCUT2D eigenvalue weighted by molar-refractivity contribution is -0.137. The minimum absolute atomic E-state index is 0.200. The lowest BCUT2D eigenvalue weighted by Gasteiger charge is -2.13. The zero-order chi connectivity index (χ0) is 22.3. The highest BCUT2D eigenvalue weighted by molar-refractivity contribution is 5.95. The molecule has 1 saturated heterocycles. The van der Waals surface area contributed by atoms with Crippen LogP contribution in [0.15, 0.2) is 42.6 Å². The van der Waals surface area contributed by atoms with Crippen molar-refractivity contribution in [3.05, 3.63) is 59.5 Å². The van der Waals surface area contributed by atoms with Gasteiger partial charge in [-0.3, -0.25) is 19.7 Å². The van der Waals surface area contributed by atoms with Gasteiger partial charge in [-0.25, -0.2) is 4.98 Å². The molecule has 2 atom stereocenters. The summed E-state index contributed by atoms with van der Waals surface area (Å²) in [6.07, 6.45) is 0.482. The zero-order valence-electron chi connectivity index (χ0n) is 16.7. The SMILES string of the molecule is CN1CC[C@@](O)(C#Cc2cccc(-c3nc([C@H](N)O)n4ccc(C(N)=O)cc34)c2)C1=O. The number of aliphatic hydroxyl groups is 2. The quantitative estimate of drug-likeness (QED) is 0.347. The summed E-state index contributed by atoms with van der Waals surface area (Å²) in [5.74, 6) is 4.74. The summed E-state index contributed by atoms with van der Waals surface area (Å²) in [6, 6.07) is 10.1. The van der Waals surface area contributed by atoms with Crippen LogP contribution in [-0.4, -0.2) is 55.5 Å². The number of amides is 2. The van der Waals surface area contributed by atoms with Crippen LogP contribution in [0.1, 0.15) is 34.4 Å². The van der Waals surface area contributed by atoms with E-state index in [-0.39, 0.29) is 17.8 Å². The molecule has 2 amide bonds. The van der Waals surface area contributed by atoms with E-state index < -0.39 is 23.6 Å². The molecule has 0 unspecified atom stereocenters. The minimum Gasteiger partial charge on any atom is -0.371 e. The molecule has 0 saturated carbocycles. The number of pyridine rings is 1. The number of primary amides is 1. The van der Waals surface area contributed by atoms with Crippen molar-refractivity contribution in [2.75, 3.05) is 13.6 Å². The van der Waals surface area contributed by atoms with E-state index in [1.54, 1.807) is 48.0 Å². The summed E-state index contributed by atoms with van der Waals surface area (Å²) in [6.45, 7) is 0.442. The number of hydrogen-bond donors (Lipinski definition) is 4. The number of rotatable bonds is 3. The van der Waals surface area contributed by atoms with Gasteiger partial charge in [-0.1, -0.05) is 24.0 Å². The van der Waals surface area contributed by atoms with Crippen molar-refractivity contribution in [3.63, 3.8) is 0 Å². The van der Waals surface area contributed by atoms with Crippen LogP contribution in [0.3, 0.4) is 0 Å². The fourth-order valence-corrected chi connectivity index (χ4v) is 3.57. The van der Waals surface area contributed by atoms with Gasteiger partial charge >= 0.3 is 0 Å². The van der Waals surface area contributed by atoms with Crippen molar-refractivity contribution in [2.24, 2.45) is 11.5 Å². The Labute approximate surface area is 177 Å². The molecule has 4 rings (SSSR count). The number of nitrogens with zero attached hydrogens (tertiary/aromatic N) is 3. The largest absolute Gasteiger partial charge is 0.371 e. The number of fused-ring (bicyclic) bond motifs is 1. The molecule has 2 aromatic heterocycles. The molecular weight excluding hydrogens is 398 g/mol. The summed E-state index contributed by atoms with van der Waals surface area (Å²) in [7, 11) is 1.62. The maximum absolute atomic E-state index is 12.1. The molecule has 3 heterocycles. The summed E-state index contributed by atoms with van der Waals surface area (Å²) in [5, 5.41) is 20.4. The number of nitrogens with two attached hydrogens (primary N) is 2. The van der Waals surface area contributed by atoms with Gasteiger partial charge in [0.25, 0.3) is 5.91 Å². The van der Waals surface area contributed by atoms with Crippen molar-refractivity contribution in [2.45, 2.75) is 18.2 Å². The van der Waals surface area contributed by atoms with Gasteiger partial charge in [0.15, 0.2) is 12.1 Å². The van der Waals surface area contributed by atoms with Gasteiger partial charge in [0, 0.05) is 42.9 Å². The number of likely N-dealkylation sites (N-methyl/N-ethyl adjacent to an activating group) is 1. The Morgan fingerprint density at radius 1 is 1.32 bits per heavy atom. The Morgan fingerprint density at radius 2 is 2.10 bits per heavy atom. The van der Waals surface area contributed by atoms with Crippen LogP contribution in [0.4, 0.5) is 0 Å². The molecule has 158 valence electrons. The Balaban J connectivity index is 1.80. The first kappa shape index (κ1) is 20.6. The molecule has 0 spiro atoms. The van der Waals surface area contributed by atoms with Crippen LogP contribution < -0.4 is 11.5 Å². The van der Waals surface area contributed by atoms with E-state index >= 15 is 0 Å². The van der Waals surface area contributed by atoms with E-state index in [0.29, 0.717) is 28.9 Å². The van der Waals surface area contributed by atoms with Gasteiger partial charge in [-0.15, -0.1) is 0 Å². The van der Waals surface area contributed by atoms with Crippen molar-refractivity contribution >= 4 is 17.3 Å². The van der Waals surface area contributed by atoms with Crippen molar-refractivity contribution in [1.82, 2.24) is 14.3 Å². The summed E-state index contributed by atoms with van der Waals surface area (Å²) >= 11 is 0. The summed E-state index contributed by atoms with van der Waals surface area (Å²) < 4.78 is 1.58. The molecule has 1 aliphatic rings. The van der Waals surface area contributed by atoms with E-state index in [0.717, 1.165) is 0 Å². The van der Waals surface area contributed by atoms with Crippen LogP contribution in [-0.2, 0) is 4.79 Å². The Kier molecular flexibility index (Phi) is 4.99. The third-order valence-electron chi connectivity index (χ3n) is 5.28. The molecule has 0 radical (unpaired) electrons. The predicted octanol–water partition coefficient (Wildman–Crippen LogP) is -0.00550. The summed E-state index contributed by atoms with van der Waals surface area (Å²) in [5.41, 5.74) is 11.9. The van der Waals surface area contributed by atoms with Gasteiger partial charge in [-0.2, -0.15) is 0 Å². The van der Waals surface area contributed by atoms with Crippen molar-refractivity contribution in [3.8, 4) is 23.1 Å². The monoisotopic (exact) mass is 419 g/mol. The molecular formula is C22H21N5O4. The van der Waals surface area contributed by atoms with Crippen LogP contribution in [0.2, 0.25) is 0 Å². The number of likely N-dealkylation sites (tertiary alicyclic amines) is 1. The first-order valence-corrected chi connectivity index (χ1v) is 9.56. The number of imidazole rings is 1. The molecule has 1 fully saturated rings. The van der Waals surface area contributed by atoms with Crippen LogP contribution >= 0.6 is 0 Å². The molecule has 3 aromatic rings. The number of aliphatic hydroxyl groups excluding tert-OH is 1. The lowest BCUT2D eigenvalue weighted by Crippen LogP contribution is -2.37. The molecule has 6 N–H and O–H groups in total. The van der Waals surface area contributed by atoms with E-state index in [1.165, 1.54) is 11.0 Å². The maximum Gasteiger partial charge on any atom is 0.267 e. The smallest absolute Gasteiger partial charge is 0.267 e. The molecule has 1 aromatic carbocycles. The van der Waals surface area contributed by atoms with E-state index in [9.17, 15) is 19.8 Å². The molecule has 0 bridgehead atoms. The molecule has 1 aliphatic heterocycles. The third kappa shape index (κ3) is 3.64. The number of hydrogen-bond acceptors (Lipinski definition) is 6. The second-order valence-electron chi connectivity index (χ2n) is 7.47. The Morgan fingerprint density at radius 3 is 2.74 bits per heavy atom. The highest BCUT2D eigenvalue weighted by atomic mass is 16.3. The first-order chi connectivity index (χ1) is 14.7. The lowest BCUT2D eigenvalue weighted by atomic mass is 10.0. The number of carbonyl (C=O) groups is 2. The van der Waals surface area contributed by atoms with Gasteiger partial charge in [-0.05, 0) is 24.3 Å². The van der Waals surface area contributed by atoms with Crippen molar-refractivity contribution in [1.29, 1.82) is 0 Å². The maximum atomic E-state index is 12.1. The van der Waals surface area contributed by atoms with Gasteiger partial charge in [0.05, 0.1) is 11.2 Å². The Hall–Kier alpha value is -3.71. The second kappa shape index (κ2) is 7.52. The molecule has 0 aliphatic carbocycles. The standard InChI is InChI=1S/C22H21N5O4/c1-26-10-8-22(31,21(26)30)7-5-13-3-2-4-14(11-13)17-16-12-15(18(23)28)6-9-27(16)20(25-17)19(24)29/h2-4,6,9,11-12,19,29,31H,8,10,24H2,1H3,(H2,23,28)/t19-,22+/m1/s1. The number of aromatic nitrogens is 2. The number of benzene rings is 1. The van der Waals surface area contributed by atoms with Gasteiger partial charge in [0.2, 0.25) is 11.5 Å². The molecule has 9 heteroatoms.